The molecule has 1 aliphatic rings. The largest absolute Gasteiger partial charge is 0.494 e. The monoisotopic (exact) mass is 766 g/mol. The van der Waals surface area contributed by atoms with Gasteiger partial charge in [-0.3, -0.25) is 4.79 Å². The van der Waals surface area contributed by atoms with Gasteiger partial charge in [-0.2, -0.15) is 0 Å². The van der Waals surface area contributed by atoms with Crippen molar-refractivity contribution in [3.8, 4) is 5.75 Å². The smallest absolute Gasteiger partial charge is 0.252 e. The van der Waals surface area contributed by atoms with E-state index in [-0.39, 0.29) is 18.4 Å². The zero-order valence-electron chi connectivity index (χ0n) is 26.3. The van der Waals surface area contributed by atoms with Crippen LogP contribution < -0.4 is 10.1 Å². The second-order valence-electron chi connectivity index (χ2n) is 11.7. The van der Waals surface area contributed by atoms with Gasteiger partial charge in [0, 0.05) is 52.0 Å². The number of carbonyl (C=O) groups excluding carboxylic acids is 1. The maximum absolute atomic E-state index is 15.0. The van der Waals surface area contributed by atoms with Gasteiger partial charge in [0.05, 0.1) is 6.61 Å². The topological polar surface area (TPSA) is 80.2 Å². The van der Waals surface area contributed by atoms with Gasteiger partial charge in [0.15, 0.2) is 11.6 Å². The quantitative estimate of drug-likeness (QED) is 0.118. The van der Waals surface area contributed by atoms with Gasteiger partial charge in [-0.15, -0.1) is 0 Å². The zero-order valence-corrected chi connectivity index (χ0v) is 29.4. The van der Waals surface area contributed by atoms with Crippen LogP contribution in [0.25, 0.3) is 0 Å². The highest BCUT2D eigenvalue weighted by Gasteiger charge is 2.54. The summed E-state index contributed by atoms with van der Waals surface area (Å²) in [6, 6.07) is 43.7. The maximum Gasteiger partial charge on any atom is 0.252 e. The van der Waals surface area contributed by atoms with Crippen LogP contribution in [0.5, 0.6) is 5.75 Å². The van der Waals surface area contributed by atoms with Crippen molar-refractivity contribution in [3.05, 3.63) is 170 Å². The third-order valence-electron chi connectivity index (χ3n) is 8.51. The Hall–Kier alpha value is -4.24. The SMILES string of the molecule is O=C(NCC(c1ccccc1)c1ccccc1)[C@]1(Cc2ccccc2Br)N=C(c2ccc(OCCCO)cc2)O[C@@H]1c1ccccc1Br. The zero-order chi connectivity index (χ0) is 33.3. The predicted molar refractivity (Wildman–Crippen MR) is 196 cm³/mol. The van der Waals surface area contributed by atoms with E-state index in [2.05, 4.69) is 61.4 Å². The van der Waals surface area contributed by atoms with E-state index in [1.807, 2.05) is 109 Å². The highest BCUT2D eigenvalue weighted by Crippen LogP contribution is 2.45. The lowest BCUT2D eigenvalue weighted by Crippen LogP contribution is -2.51. The number of amides is 1. The molecule has 1 aliphatic heterocycles. The molecule has 0 aliphatic carbocycles. The molecule has 48 heavy (non-hydrogen) atoms. The van der Waals surface area contributed by atoms with Crippen LogP contribution >= 0.6 is 31.9 Å². The fraction of sp³-hybridized carbons (Fsp3) is 0.200. The average molecular weight is 769 g/mol. The minimum absolute atomic E-state index is 0.0667. The number of nitrogens with one attached hydrogen (secondary N) is 1. The maximum atomic E-state index is 15.0. The summed E-state index contributed by atoms with van der Waals surface area (Å²) in [5, 5.41) is 12.5. The van der Waals surface area contributed by atoms with Crippen LogP contribution in [-0.2, 0) is 16.0 Å². The Morgan fingerprint density at radius 3 is 2.04 bits per heavy atom. The van der Waals surface area contributed by atoms with Crippen LogP contribution in [0.4, 0.5) is 0 Å². The highest BCUT2D eigenvalue weighted by molar-refractivity contribution is 9.10. The van der Waals surface area contributed by atoms with Crippen molar-refractivity contribution < 1.29 is 19.4 Å². The Bertz CT molecular complexity index is 1810. The summed E-state index contributed by atoms with van der Waals surface area (Å²) in [6.45, 7) is 0.857. The minimum Gasteiger partial charge on any atom is -0.494 e. The first-order valence-electron chi connectivity index (χ1n) is 15.9. The van der Waals surface area contributed by atoms with E-state index in [9.17, 15) is 4.79 Å². The highest BCUT2D eigenvalue weighted by atomic mass is 79.9. The number of benzene rings is 5. The van der Waals surface area contributed by atoms with E-state index < -0.39 is 11.6 Å². The molecule has 0 radical (unpaired) electrons. The van der Waals surface area contributed by atoms with Crippen molar-refractivity contribution in [1.29, 1.82) is 0 Å². The Morgan fingerprint density at radius 1 is 0.812 bits per heavy atom. The number of aliphatic hydroxyl groups is 1. The summed E-state index contributed by atoms with van der Waals surface area (Å²) in [7, 11) is 0. The normalized spacial score (nSPS) is 17.1. The molecule has 0 saturated heterocycles. The summed E-state index contributed by atoms with van der Waals surface area (Å²) in [5.74, 6) is 0.763. The molecule has 2 N–H and O–H groups in total. The molecule has 0 unspecified atom stereocenters. The van der Waals surface area contributed by atoms with Crippen molar-refractivity contribution >= 4 is 43.7 Å². The number of aliphatic imine (C=N–C) groups is 1. The molecule has 8 heteroatoms. The van der Waals surface area contributed by atoms with Gasteiger partial charge in [-0.1, -0.05) is 129 Å². The van der Waals surface area contributed by atoms with E-state index in [4.69, 9.17) is 19.6 Å². The lowest BCUT2D eigenvalue weighted by molar-refractivity contribution is -0.129. The number of ether oxygens (including phenoxy) is 2. The van der Waals surface area contributed by atoms with Gasteiger partial charge in [0.2, 0.25) is 5.90 Å². The molecule has 0 bridgehead atoms. The molecule has 2 atom stereocenters. The summed E-state index contributed by atoms with van der Waals surface area (Å²) < 4.78 is 14.2. The summed E-state index contributed by atoms with van der Waals surface area (Å²) >= 11 is 7.46. The number of hydrogen-bond donors (Lipinski definition) is 2. The minimum atomic E-state index is -1.35. The number of rotatable bonds is 13. The first-order chi connectivity index (χ1) is 23.5. The molecule has 0 saturated carbocycles. The molecule has 5 aromatic rings. The number of aliphatic hydroxyl groups excluding tert-OH is 1. The number of halogens is 2. The van der Waals surface area contributed by atoms with Gasteiger partial charge >= 0.3 is 0 Å². The van der Waals surface area contributed by atoms with Gasteiger partial charge in [-0.05, 0) is 53.1 Å². The fourth-order valence-electron chi connectivity index (χ4n) is 6.03. The Balaban J connectivity index is 1.42. The van der Waals surface area contributed by atoms with Crippen LogP contribution in [0.2, 0.25) is 0 Å². The molecule has 1 amide bonds. The molecule has 0 aromatic heterocycles. The lowest BCUT2D eigenvalue weighted by Gasteiger charge is -2.32. The first-order valence-corrected chi connectivity index (χ1v) is 17.5. The van der Waals surface area contributed by atoms with E-state index >= 15 is 0 Å². The van der Waals surface area contributed by atoms with E-state index in [1.165, 1.54) is 0 Å². The molecule has 244 valence electrons. The van der Waals surface area contributed by atoms with E-state index in [0.717, 1.165) is 36.8 Å². The second-order valence-corrected chi connectivity index (χ2v) is 13.4. The fourth-order valence-corrected chi connectivity index (χ4v) is 6.94. The summed E-state index contributed by atoms with van der Waals surface area (Å²) in [5.41, 5.74) is 3.37. The number of nitrogens with zero attached hydrogens (tertiary/aromatic N) is 1. The van der Waals surface area contributed by atoms with Crippen LogP contribution in [0.15, 0.2) is 147 Å². The predicted octanol–water partition coefficient (Wildman–Crippen LogP) is 8.42. The third-order valence-corrected chi connectivity index (χ3v) is 10.0. The third kappa shape index (κ3) is 7.57. The van der Waals surface area contributed by atoms with Gasteiger partial charge in [0.1, 0.15) is 5.75 Å². The summed E-state index contributed by atoms with van der Waals surface area (Å²) in [4.78, 5) is 20.2. The standard InChI is InChI=1S/C40H36Br2N2O4/c41-35-18-9-7-16-31(35)26-40(39(46)43-27-34(28-12-3-1-4-13-28)29-14-5-2-6-15-29)37(33-17-8-10-19-36(33)42)48-38(44-40)30-20-22-32(23-21-30)47-25-11-24-45/h1-10,12-23,34,37,45H,11,24-27H2,(H,43,46)/t37-,40-/m1/s1. The first kappa shape index (κ1) is 33.7. The van der Waals surface area contributed by atoms with Crippen molar-refractivity contribution in [3.63, 3.8) is 0 Å². The van der Waals surface area contributed by atoms with Gasteiger partial charge < -0.3 is 19.9 Å². The molecular weight excluding hydrogens is 732 g/mol. The van der Waals surface area contributed by atoms with Crippen molar-refractivity contribution in [2.24, 2.45) is 4.99 Å². The summed E-state index contributed by atoms with van der Waals surface area (Å²) in [6.07, 6.45) is 0.106. The van der Waals surface area contributed by atoms with Crippen molar-refractivity contribution in [1.82, 2.24) is 5.32 Å². The van der Waals surface area contributed by atoms with Crippen molar-refractivity contribution in [2.75, 3.05) is 19.8 Å². The van der Waals surface area contributed by atoms with Crippen LogP contribution in [0, 0.1) is 0 Å². The van der Waals surface area contributed by atoms with E-state index in [1.54, 1.807) is 0 Å². The molecular formula is C40H36Br2N2O4. The van der Waals surface area contributed by atoms with Crippen LogP contribution in [-0.4, -0.2) is 42.2 Å². The molecule has 0 spiro atoms. The second kappa shape index (κ2) is 15.8. The number of carbonyl (C=O) groups is 1. The molecule has 6 rings (SSSR count). The molecule has 6 nitrogen and oxygen atoms in total. The van der Waals surface area contributed by atoms with Crippen LogP contribution in [0.3, 0.4) is 0 Å². The lowest BCUT2D eigenvalue weighted by atomic mass is 9.81. The van der Waals surface area contributed by atoms with Crippen LogP contribution in [0.1, 0.15) is 46.3 Å². The Morgan fingerprint density at radius 2 is 1.42 bits per heavy atom. The molecule has 5 aromatic carbocycles. The van der Waals surface area contributed by atoms with Gasteiger partial charge in [-0.25, -0.2) is 4.99 Å². The Kier molecular flexibility index (Phi) is 11.1. The Labute approximate surface area is 298 Å². The van der Waals surface area contributed by atoms with Gasteiger partial charge in [0.25, 0.3) is 5.91 Å². The van der Waals surface area contributed by atoms with E-state index in [0.29, 0.717) is 37.6 Å². The molecule has 0 fully saturated rings. The van der Waals surface area contributed by atoms with Crippen molar-refractivity contribution in [2.45, 2.75) is 30.4 Å². The molecule has 1 heterocycles. The average Bonchev–Trinajstić information content (AvgIpc) is 3.51. The number of hydrogen-bond acceptors (Lipinski definition) is 5.